The lowest BCUT2D eigenvalue weighted by molar-refractivity contribution is -0.432. The Labute approximate surface area is 400 Å². The van der Waals surface area contributed by atoms with Crippen LogP contribution in [-0.2, 0) is 48.1 Å². The minimum atomic E-state index is -4.82. The van der Waals surface area contributed by atoms with E-state index in [1.807, 2.05) is 0 Å². The van der Waals surface area contributed by atoms with Gasteiger partial charge in [0.25, 0.3) is 10.1 Å². The van der Waals surface area contributed by atoms with Gasteiger partial charge in [-0.2, -0.15) is 28.5 Å². The average molecular weight is 1060 g/mol. The Balaban J connectivity index is 1.38. The predicted molar refractivity (Wildman–Crippen MR) is 242 cm³/mol. The Kier molecular flexibility index (Phi) is 17.3. The van der Waals surface area contributed by atoms with Crippen LogP contribution in [0.5, 0.6) is 5.75 Å². The molecule has 358 valence electrons. The largest absolute Gasteiger partial charge is 0.505 e. The molecule has 1 heterocycles. The van der Waals surface area contributed by atoms with E-state index in [1.54, 1.807) is 24.0 Å². The summed E-state index contributed by atoms with van der Waals surface area (Å²) >= 11 is 7.64. The zero-order valence-electron chi connectivity index (χ0n) is 34.0. The number of benzene rings is 5. The fraction of sp³-hybridized carbons (Fsp3) is 0.0857. The smallest absolute Gasteiger partial charge is 0.316 e. The van der Waals surface area contributed by atoms with Crippen LogP contribution in [0, 0.1) is 0 Å². The Morgan fingerprint density at radius 2 is 1.53 bits per heavy atom. The molecular formula is C35H30ClN11O16S5. The number of carbonyl (C=O) groups is 1. The lowest BCUT2D eigenvalue weighted by Crippen LogP contribution is -2.20. The Bertz CT molecular complexity index is 3140. The number of sulfone groups is 1. The monoisotopic (exact) mass is 1060 g/mol. The lowest BCUT2D eigenvalue weighted by atomic mass is 10.1. The highest BCUT2D eigenvalue weighted by Crippen LogP contribution is 2.48. The summed E-state index contributed by atoms with van der Waals surface area (Å²) in [6, 6.07) is 16.5. The summed E-state index contributed by atoms with van der Waals surface area (Å²) in [6.45, 7) is 2.05. The number of hydrogen-bond donors (Lipinski definition) is 8. The topological polar surface area (TPSA) is 383 Å². The third-order valence-corrected chi connectivity index (χ3v) is 12.7. The Hall–Kier alpha value is -5.92. The number of phenols is 1. The first-order chi connectivity index (χ1) is 32.4. The number of nitrogens with one attached hydrogen (secondary N) is 2. The molecule has 9 N–H and O–H groups in total. The summed E-state index contributed by atoms with van der Waals surface area (Å²) in [4.78, 5) is 26.1. The van der Waals surface area contributed by atoms with Crippen molar-refractivity contribution >= 4 is 136 Å². The number of amides is 2. The molecule has 0 spiro atoms. The van der Waals surface area contributed by atoms with Crippen LogP contribution in [0.15, 0.2) is 124 Å². The first kappa shape index (κ1) is 51.5. The number of azo groups is 2. The minimum Gasteiger partial charge on any atom is -0.505 e. The van der Waals surface area contributed by atoms with E-state index in [9.17, 15) is 31.3 Å². The molecule has 0 saturated carbocycles. The van der Waals surface area contributed by atoms with Crippen molar-refractivity contribution in [3.8, 4) is 5.75 Å². The van der Waals surface area contributed by atoms with Crippen molar-refractivity contribution in [1.82, 2.24) is 15.0 Å². The zero-order chi connectivity index (χ0) is 49.2. The van der Waals surface area contributed by atoms with E-state index in [-0.39, 0.29) is 82.5 Å². The van der Waals surface area contributed by atoms with Crippen molar-refractivity contribution in [3.63, 3.8) is 0 Å². The number of aromatic nitrogens is 3. The number of carbonyl (C=O) groups excluding carboxylic acids is 1. The van der Waals surface area contributed by atoms with Gasteiger partial charge in [-0.3, -0.25) is 4.55 Å². The minimum absolute atomic E-state index is 0.00468. The molecule has 27 nitrogen and oxygen atoms in total. The zero-order valence-corrected chi connectivity index (χ0v) is 38.9. The summed E-state index contributed by atoms with van der Waals surface area (Å²) in [6.07, 6.45) is 1.07. The van der Waals surface area contributed by atoms with E-state index < -0.39 is 42.3 Å². The normalized spacial score (nSPS) is 12.0. The van der Waals surface area contributed by atoms with E-state index in [0.717, 1.165) is 18.4 Å². The number of rotatable bonds is 21. The van der Waals surface area contributed by atoms with Gasteiger partial charge in [-0.25, -0.2) is 29.0 Å². The number of urea groups is 1. The molecule has 0 aliphatic rings. The van der Waals surface area contributed by atoms with Crippen LogP contribution < -0.4 is 21.3 Å². The van der Waals surface area contributed by atoms with Gasteiger partial charge in [-0.15, -0.1) is 28.3 Å². The molecule has 0 radical (unpaired) electrons. The van der Waals surface area contributed by atoms with Gasteiger partial charge in [0.05, 0.1) is 67.9 Å². The van der Waals surface area contributed by atoms with E-state index >= 15 is 0 Å². The first-order valence-corrected chi connectivity index (χ1v) is 24.1. The summed E-state index contributed by atoms with van der Waals surface area (Å²) < 4.78 is 72.2. The van der Waals surface area contributed by atoms with Crippen LogP contribution in [0.25, 0.3) is 10.8 Å². The van der Waals surface area contributed by atoms with Crippen molar-refractivity contribution in [1.29, 1.82) is 0 Å². The Morgan fingerprint density at radius 3 is 2.22 bits per heavy atom. The highest BCUT2D eigenvalue weighted by Gasteiger charge is 2.23. The lowest BCUT2D eigenvalue weighted by Gasteiger charge is -2.22. The molecule has 0 unspecified atom stereocenters. The molecule has 2 amide bonds. The number of primary amides is 1. The molecule has 0 atom stereocenters. The number of phenolic OH excluding ortho intramolecular Hbond substituents is 1. The van der Waals surface area contributed by atoms with Crippen LogP contribution in [0.1, 0.15) is 6.92 Å². The number of nitrogens with two attached hydrogens (primary N) is 1. The maximum absolute atomic E-state index is 12.3. The summed E-state index contributed by atoms with van der Waals surface area (Å²) in [5.41, 5.74) is 5.12. The summed E-state index contributed by atoms with van der Waals surface area (Å²) in [5, 5.41) is 71.0. The van der Waals surface area contributed by atoms with Crippen LogP contribution in [0.2, 0.25) is 5.28 Å². The molecule has 0 saturated heterocycles. The van der Waals surface area contributed by atoms with Gasteiger partial charge in [0.15, 0.2) is 15.6 Å². The predicted octanol–water partition coefficient (Wildman–Crippen LogP) is 9.54. The second-order valence-electron chi connectivity index (χ2n) is 12.8. The Morgan fingerprint density at radius 1 is 0.809 bits per heavy atom. The van der Waals surface area contributed by atoms with E-state index in [4.69, 9.17) is 37.4 Å². The highest BCUT2D eigenvalue weighted by atomic mass is 35.5. The van der Waals surface area contributed by atoms with E-state index in [2.05, 4.69) is 69.8 Å². The molecule has 5 aromatic carbocycles. The third kappa shape index (κ3) is 13.0. The molecule has 0 bridgehead atoms. The van der Waals surface area contributed by atoms with Crippen LogP contribution in [-0.4, -0.2) is 76.1 Å². The van der Waals surface area contributed by atoms with Crippen LogP contribution >= 0.6 is 47.7 Å². The maximum Gasteiger partial charge on any atom is 0.316 e. The molecule has 0 aliphatic heterocycles. The van der Waals surface area contributed by atoms with Gasteiger partial charge in [0.1, 0.15) is 22.0 Å². The molecule has 68 heavy (non-hydrogen) atoms. The second kappa shape index (κ2) is 22.9. The fourth-order valence-electron chi connectivity index (χ4n) is 5.82. The van der Waals surface area contributed by atoms with Gasteiger partial charge in [-0.05, 0) is 91.3 Å². The number of fused-ring (bicyclic) bond motifs is 1. The van der Waals surface area contributed by atoms with Crippen molar-refractivity contribution in [2.24, 2.45) is 26.2 Å². The van der Waals surface area contributed by atoms with Gasteiger partial charge < -0.3 is 26.4 Å². The van der Waals surface area contributed by atoms with Crippen molar-refractivity contribution < 1.29 is 75.2 Å². The molecular weight excluding hydrogens is 1030 g/mol. The quantitative estimate of drug-likeness (QED) is 0.0109. The summed E-state index contributed by atoms with van der Waals surface area (Å²) in [7, 11) is -8.38. The van der Waals surface area contributed by atoms with Crippen LogP contribution in [0.3, 0.4) is 0 Å². The molecule has 1 aromatic heterocycles. The second-order valence-corrected chi connectivity index (χ2v) is 18.8. The molecule has 0 aliphatic carbocycles. The van der Waals surface area contributed by atoms with Crippen molar-refractivity contribution in [2.45, 2.75) is 31.4 Å². The molecule has 33 heteroatoms. The maximum atomic E-state index is 12.3. The average Bonchev–Trinajstić information content (AvgIpc) is 3.28. The van der Waals surface area contributed by atoms with Gasteiger partial charge in [-0.1, -0.05) is 21.2 Å². The van der Waals surface area contributed by atoms with Crippen molar-refractivity contribution in [3.05, 3.63) is 84.1 Å². The standard InChI is InChI=1S/C35H30ClN11O16S5/c1-3-47(18-5-4-6-20(14-18)67(2,53)54)35-41-32(36)40-34(42-35)39-24-11-9-21-22(31(24)66-63-60-52)16-27(65-62-59-51)29(30(21)48)46-43-17-7-10-23(25(13-17)38-33(37)49)44-45-26-15-19(64-61-58-50)8-12-28(26)68(55,56)57/h4-16,48,50-52H,3H2,1-2H3,(H3,37,38,49)(H,55,56,57)(H,39,40,41,42)/b45-44+,46-43+. The molecule has 6 rings (SSSR count). The van der Waals surface area contributed by atoms with Gasteiger partial charge in [0.2, 0.25) is 17.2 Å². The van der Waals surface area contributed by atoms with Gasteiger partial charge >= 0.3 is 6.03 Å². The highest BCUT2D eigenvalue weighted by molar-refractivity contribution is 7.95. The first-order valence-electron chi connectivity index (χ1n) is 18.1. The van der Waals surface area contributed by atoms with E-state index in [1.165, 1.54) is 54.6 Å². The SMILES string of the molecule is CCN(c1cccc(S(C)(=O)=O)c1)c1nc(Cl)nc(Nc2ccc3c(O)c(/N=N/c4ccc(/N=N/c5cc(SOOO)ccc5S(=O)(=O)O)c(NC(N)=O)c4)c(SOOO)cc3c2SOOO)n1. The summed E-state index contributed by atoms with van der Waals surface area (Å²) in [5.74, 6) is -0.605. The number of aromatic hydroxyl groups is 1. The molecule has 0 fully saturated rings. The van der Waals surface area contributed by atoms with Crippen LogP contribution in [0.4, 0.5) is 56.5 Å². The van der Waals surface area contributed by atoms with E-state index in [0.29, 0.717) is 41.8 Å². The fourth-order valence-corrected chi connectivity index (χ4v) is 8.69. The number of anilines is 5. The number of halogens is 1. The van der Waals surface area contributed by atoms with Crippen molar-refractivity contribution in [2.75, 3.05) is 28.3 Å². The molecule has 6 aromatic rings. The number of hydrogen-bond acceptors (Lipinski definition) is 27. The number of nitrogens with zero attached hydrogens (tertiary/aromatic N) is 8. The van der Waals surface area contributed by atoms with Gasteiger partial charge in [0, 0.05) is 34.2 Å². The third-order valence-electron chi connectivity index (χ3n) is 8.58.